The van der Waals surface area contributed by atoms with Crippen molar-refractivity contribution in [1.29, 1.82) is 0 Å². The Morgan fingerprint density at radius 1 is 1.23 bits per heavy atom. The van der Waals surface area contributed by atoms with Crippen LogP contribution >= 0.6 is 0 Å². The van der Waals surface area contributed by atoms with Gasteiger partial charge in [-0.15, -0.1) is 0 Å². The highest BCUT2D eigenvalue weighted by atomic mass is 19.1. The number of hydrogen-bond acceptors (Lipinski definition) is 7. The van der Waals surface area contributed by atoms with Gasteiger partial charge in [-0.2, -0.15) is 9.37 Å². The predicted octanol–water partition coefficient (Wildman–Crippen LogP) is 3.99. The van der Waals surface area contributed by atoms with Crippen LogP contribution in [0, 0.1) is 11.7 Å². The van der Waals surface area contributed by atoms with Crippen LogP contribution in [0.1, 0.15) is 34.1 Å². The highest BCUT2D eigenvalue weighted by Crippen LogP contribution is 2.24. The van der Waals surface area contributed by atoms with E-state index < -0.39 is 5.82 Å². The summed E-state index contributed by atoms with van der Waals surface area (Å²) in [4.78, 5) is 10.6. The van der Waals surface area contributed by atoms with E-state index in [0.29, 0.717) is 18.5 Å². The highest BCUT2D eigenvalue weighted by molar-refractivity contribution is 5.59. The molecule has 170 valence electrons. The maximum absolute atomic E-state index is 14.1. The quantitative estimate of drug-likeness (QED) is 0.551. The van der Waals surface area contributed by atoms with Crippen LogP contribution in [-0.4, -0.2) is 55.0 Å². The van der Waals surface area contributed by atoms with Gasteiger partial charge in [-0.1, -0.05) is 13.8 Å². The number of halogens is 1. The molecule has 2 aromatic rings. The summed E-state index contributed by atoms with van der Waals surface area (Å²) in [5.41, 5.74) is 1.97. The molecule has 3 atom stereocenters. The normalized spacial score (nSPS) is 19.8. The summed E-state index contributed by atoms with van der Waals surface area (Å²) in [6.07, 6.45) is 2.51. The highest BCUT2D eigenvalue weighted by Gasteiger charge is 2.22. The summed E-state index contributed by atoms with van der Waals surface area (Å²) in [6.45, 7) is 12.3. The van der Waals surface area contributed by atoms with Gasteiger partial charge >= 0.3 is 0 Å². The van der Waals surface area contributed by atoms with E-state index in [2.05, 4.69) is 65.3 Å². The first-order chi connectivity index (χ1) is 14.9. The average molecular weight is 432 g/mol. The molecule has 31 heavy (non-hydrogen) atoms. The van der Waals surface area contributed by atoms with Gasteiger partial charge in [-0.25, -0.2) is 4.98 Å². The Kier molecular flexibility index (Phi) is 8.43. The van der Waals surface area contributed by atoms with Crippen molar-refractivity contribution in [3.05, 3.63) is 36.3 Å². The van der Waals surface area contributed by atoms with Gasteiger partial charge < -0.3 is 25.0 Å². The van der Waals surface area contributed by atoms with E-state index in [4.69, 9.17) is 9.47 Å². The summed E-state index contributed by atoms with van der Waals surface area (Å²) in [7, 11) is 0. The van der Waals surface area contributed by atoms with Crippen LogP contribution in [-0.2, 0) is 4.74 Å². The number of ether oxygens (including phenoxy) is 2. The molecule has 1 aliphatic rings. The van der Waals surface area contributed by atoms with Crippen molar-refractivity contribution < 1.29 is 13.9 Å². The summed E-state index contributed by atoms with van der Waals surface area (Å²) in [5.74, 6) is 0.0112. The van der Waals surface area contributed by atoms with E-state index in [9.17, 15) is 4.39 Å². The van der Waals surface area contributed by atoms with Crippen LogP contribution in [0.15, 0.2) is 30.5 Å². The standard InChI is InChI=1S/C23H34FN5O2/c1-5-25-11-10-16(2)15-30-22-21(24)12-26-23(28-22)27-19-6-8-20(9-7-19)29-13-17(3)31-18(4)14-29/h6-9,12,16-18,25H,5,10-11,13-15H2,1-4H3,(H,26,27,28)/t16?,17-,18+. The average Bonchev–Trinajstić information content (AvgIpc) is 2.74. The van der Waals surface area contributed by atoms with E-state index in [-0.39, 0.29) is 18.1 Å². The number of rotatable bonds is 10. The smallest absolute Gasteiger partial charge is 0.255 e. The van der Waals surface area contributed by atoms with Gasteiger partial charge in [-0.05, 0) is 63.5 Å². The number of nitrogens with one attached hydrogen (secondary N) is 2. The topological polar surface area (TPSA) is 71.5 Å². The molecule has 3 rings (SSSR count). The molecule has 0 spiro atoms. The summed E-state index contributed by atoms with van der Waals surface area (Å²) in [5, 5.41) is 6.41. The van der Waals surface area contributed by atoms with Crippen molar-refractivity contribution >= 4 is 17.3 Å². The largest absolute Gasteiger partial charge is 0.475 e. The van der Waals surface area contributed by atoms with Gasteiger partial charge in [0.25, 0.3) is 5.88 Å². The van der Waals surface area contributed by atoms with Gasteiger partial charge in [0.05, 0.1) is 25.0 Å². The molecule has 1 fully saturated rings. The number of nitrogens with zero attached hydrogens (tertiary/aromatic N) is 3. The molecule has 1 aromatic carbocycles. The lowest BCUT2D eigenvalue weighted by atomic mass is 10.1. The van der Waals surface area contributed by atoms with Crippen molar-refractivity contribution in [2.45, 2.75) is 46.3 Å². The SMILES string of the molecule is CCNCCC(C)COc1nc(Nc2ccc(N3C[C@@H](C)O[C@@H](C)C3)cc2)ncc1F. The lowest BCUT2D eigenvalue weighted by molar-refractivity contribution is -0.00521. The number of hydrogen-bond donors (Lipinski definition) is 2. The predicted molar refractivity (Wildman–Crippen MR) is 122 cm³/mol. The number of morpholine rings is 1. The van der Waals surface area contributed by atoms with Crippen LogP contribution in [0.3, 0.4) is 0 Å². The zero-order chi connectivity index (χ0) is 22.2. The second-order valence-corrected chi connectivity index (χ2v) is 8.24. The van der Waals surface area contributed by atoms with Crippen LogP contribution in [0.25, 0.3) is 0 Å². The Morgan fingerprint density at radius 3 is 2.61 bits per heavy atom. The minimum absolute atomic E-state index is 0.0271. The zero-order valence-electron chi connectivity index (χ0n) is 18.9. The fraction of sp³-hybridized carbons (Fsp3) is 0.565. The lowest BCUT2D eigenvalue weighted by Gasteiger charge is -2.36. The van der Waals surface area contributed by atoms with E-state index in [1.165, 1.54) is 0 Å². The van der Waals surface area contributed by atoms with Gasteiger partial charge in [0.1, 0.15) is 0 Å². The number of anilines is 3. The van der Waals surface area contributed by atoms with Crippen molar-refractivity contribution in [2.75, 3.05) is 43.0 Å². The van der Waals surface area contributed by atoms with Crippen LogP contribution in [0.5, 0.6) is 5.88 Å². The molecule has 0 radical (unpaired) electrons. The maximum Gasteiger partial charge on any atom is 0.255 e. The molecule has 1 aromatic heterocycles. The summed E-state index contributed by atoms with van der Waals surface area (Å²) in [6, 6.07) is 8.05. The third-order valence-electron chi connectivity index (χ3n) is 5.19. The Labute approximate surface area is 184 Å². The molecule has 0 amide bonds. The first-order valence-corrected chi connectivity index (χ1v) is 11.1. The van der Waals surface area contributed by atoms with Crippen molar-refractivity contribution in [2.24, 2.45) is 5.92 Å². The molecule has 0 bridgehead atoms. The molecule has 7 nitrogen and oxygen atoms in total. The molecule has 2 N–H and O–H groups in total. The van der Waals surface area contributed by atoms with Gasteiger partial charge in [0.2, 0.25) is 11.8 Å². The van der Waals surface area contributed by atoms with Crippen molar-refractivity contribution in [3.8, 4) is 5.88 Å². The van der Waals surface area contributed by atoms with Crippen LogP contribution < -0.4 is 20.3 Å². The van der Waals surface area contributed by atoms with Crippen LogP contribution in [0.4, 0.5) is 21.7 Å². The maximum atomic E-state index is 14.1. The molecule has 8 heteroatoms. The second-order valence-electron chi connectivity index (χ2n) is 8.24. The molecular weight excluding hydrogens is 397 g/mol. The molecule has 1 unspecified atom stereocenters. The Balaban J connectivity index is 1.58. The van der Waals surface area contributed by atoms with E-state index in [0.717, 1.165) is 50.2 Å². The third kappa shape index (κ3) is 7.04. The zero-order valence-corrected chi connectivity index (χ0v) is 18.9. The molecular formula is C23H34FN5O2. The Hall–Kier alpha value is -2.45. The minimum atomic E-state index is -0.560. The first kappa shape index (κ1) is 23.2. The van der Waals surface area contributed by atoms with Gasteiger partial charge in [0.15, 0.2) is 0 Å². The molecule has 0 saturated carbocycles. The fourth-order valence-electron chi connectivity index (χ4n) is 3.62. The van der Waals surface area contributed by atoms with E-state index in [1.54, 1.807) is 0 Å². The summed E-state index contributed by atoms with van der Waals surface area (Å²) < 4.78 is 25.5. The number of aromatic nitrogens is 2. The second kappa shape index (κ2) is 11.2. The molecule has 0 aliphatic carbocycles. The third-order valence-corrected chi connectivity index (χ3v) is 5.19. The van der Waals surface area contributed by atoms with Crippen LogP contribution in [0.2, 0.25) is 0 Å². The molecule has 2 heterocycles. The minimum Gasteiger partial charge on any atom is -0.475 e. The fourth-order valence-corrected chi connectivity index (χ4v) is 3.62. The van der Waals surface area contributed by atoms with Crippen molar-refractivity contribution in [3.63, 3.8) is 0 Å². The Morgan fingerprint density at radius 2 is 1.94 bits per heavy atom. The van der Waals surface area contributed by atoms with Crippen molar-refractivity contribution in [1.82, 2.24) is 15.3 Å². The van der Waals surface area contributed by atoms with Gasteiger partial charge in [-0.3, -0.25) is 0 Å². The van der Waals surface area contributed by atoms with Gasteiger partial charge in [0, 0.05) is 24.5 Å². The molecule has 1 aliphatic heterocycles. The Bertz CT molecular complexity index is 810. The van der Waals surface area contributed by atoms with E-state index >= 15 is 0 Å². The van der Waals surface area contributed by atoms with E-state index in [1.807, 2.05) is 12.1 Å². The lowest BCUT2D eigenvalue weighted by Crippen LogP contribution is -2.45. The monoisotopic (exact) mass is 431 g/mol. The number of benzene rings is 1. The molecule has 1 saturated heterocycles. The summed E-state index contributed by atoms with van der Waals surface area (Å²) >= 11 is 0. The first-order valence-electron chi connectivity index (χ1n) is 11.1.